The van der Waals surface area contributed by atoms with Gasteiger partial charge < -0.3 is 9.47 Å². The highest BCUT2D eigenvalue weighted by Gasteiger charge is 2.25. The third-order valence-corrected chi connectivity index (χ3v) is 5.68. The molecule has 0 spiro atoms. The number of imidazole rings is 1. The first-order valence-electron chi connectivity index (χ1n) is 9.83. The molecule has 0 aromatic carbocycles. The van der Waals surface area contributed by atoms with Gasteiger partial charge in [0.1, 0.15) is 11.5 Å². The second-order valence-corrected chi connectivity index (χ2v) is 7.48. The summed E-state index contributed by atoms with van der Waals surface area (Å²) in [6.07, 6.45) is 10.4. The lowest BCUT2D eigenvalue weighted by atomic mass is 9.93. The highest BCUT2D eigenvalue weighted by molar-refractivity contribution is 5.92. The predicted molar refractivity (Wildman–Crippen MR) is 107 cm³/mol. The van der Waals surface area contributed by atoms with Crippen LogP contribution in [0.15, 0.2) is 43.0 Å². The minimum atomic E-state index is 0.0859. The van der Waals surface area contributed by atoms with Gasteiger partial charge in [0.15, 0.2) is 0 Å². The number of nitrogens with zero attached hydrogens (tertiary/aromatic N) is 6. The van der Waals surface area contributed by atoms with Gasteiger partial charge in [-0.1, -0.05) is 0 Å². The molecule has 0 N–H and O–H groups in total. The Kier molecular flexibility index (Phi) is 5.23. The zero-order valence-electron chi connectivity index (χ0n) is 16.5. The van der Waals surface area contributed by atoms with E-state index in [1.807, 2.05) is 36.5 Å². The molecule has 1 fully saturated rings. The number of piperidine rings is 1. The maximum atomic E-state index is 12.6. The zero-order valence-corrected chi connectivity index (χ0v) is 16.5. The number of aromatic nitrogens is 5. The summed E-state index contributed by atoms with van der Waals surface area (Å²) in [7, 11) is 1.81. The van der Waals surface area contributed by atoms with Gasteiger partial charge in [0.2, 0.25) is 0 Å². The molecule has 0 aliphatic carbocycles. The average Bonchev–Trinajstić information content (AvgIpc) is 3.32. The van der Waals surface area contributed by atoms with Gasteiger partial charge in [-0.15, -0.1) is 0 Å². The lowest BCUT2D eigenvalue weighted by molar-refractivity contribution is 0.0674. The minimum Gasteiger partial charge on any atom is -0.337 e. The van der Waals surface area contributed by atoms with Crippen molar-refractivity contribution in [1.29, 1.82) is 0 Å². The second kappa shape index (κ2) is 7.96. The Labute approximate surface area is 165 Å². The molecule has 1 amide bonds. The van der Waals surface area contributed by atoms with Crippen LogP contribution in [0.1, 0.15) is 35.4 Å². The third-order valence-electron chi connectivity index (χ3n) is 5.68. The molecule has 0 radical (unpaired) electrons. The first-order valence-corrected chi connectivity index (χ1v) is 9.83. The van der Waals surface area contributed by atoms with Crippen molar-refractivity contribution in [3.8, 4) is 11.4 Å². The summed E-state index contributed by atoms with van der Waals surface area (Å²) in [5.74, 6) is 1.69. The topological polar surface area (TPSA) is 68.8 Å². The zero-order chi connectivity index (χ0) is 19.5. The highest BCUT2D eigenvalue weighted by atomic mass is 16.2. The molecule has 0 atom stereocenters. The van der Waals surface area contributed by atoms with E-state index >= 15 is 0 Å². The number of carbonyl (C=O) groups excluding carboxylic acids is 1. The standard InChI is InChI=1S/C21H26N6O/c1-16-14-23-20(18-4-3-9-22-15-18)27(16)13-8-17-6-11-26(12-7-17)21(28)19-5-10-24-25(19)2/h3-5,9-10,14-15,17H,6-8,11-13H2,1-2H3. The SMILES string of the molecule is Cc1cnc(-c2cccnc2)n1CCC1CCN(C(=O)c2ccnn2C)CC1. The van der Waals surface area contributed by atoms with Crippen LogP contribution in [0, 0.1) is 12.8 Å². The van der Waals surface area contributed by atoms with Crippen molar-refractivity contribution >= 4 is 5.91 Å². The Morgan fingerprint density at radius 3 is 2.68 bits per heavy atom. The molecule has 7 heteroatoms. The summed E-state index contributed by atoms with van der Waals surface area (Å²) in [6, 6.07) is 5.78. The minimum absolute atomic E-state index is 0.0859. The Hall–Kier alpha value is -2.96. The smallest absolute Gasteiger partial charge is 0.272 e. The normalized spacial score (nSPS) is 15.1. The van der Waals surface area contributed by atoms with Gasteiger partial charge >= 0.3 is 0 Å². The van der Waals surface area contributed by atoms with Crippen LogP contribution >= 0.6 is 0 Å². The maximum absolute atomic E-state index is 12.6. The van der Waals surface area contributed by atoms with Crippen molar-refractivity contribution in [3.05, 3.63) is 54.4 Å². The number of rotatable bonds is 5. The molecule has 1 aliphatic rings. The van der Waals surface area contributed by atoms with E-state index in [9.17, 15) is 4.79 Å². The van der Waals surface area contributed by atoms with E-state index in [0.29, 0.717) is 11.6 Å². The van der Waals surface area contributed by atoms with Crippen LogP contribution in [0.2, 0.25) is 0 Å². The van der Waals surface area contributed by atoms with E-state index in [-0.39, 0.29) is 5.91 Å². The fourth-order valence-electron chi connectivity index (χ4n) is 3.95. The molecule has 3 aromatic heterocycles. The Morgan fingerprint density at radius 1 is 1.18 bits per heavy atom. The van der Waals surface area contributed by atoms with Gasteiger partial charge in [0.05, 0.1) is 0 Å². The van der Waals surface area contributed by atoms with Crippen LogP contribution in [0.5, 0.6) is 0 Å². The summed E-state index contributed by atoms with van der Waals surface area (Å²) in [6.45, 7) is 4.67. The fourth-order valence-corrected chi connectivity index (χ4v) is 3.95. The van der Waals surface area contributed by atoms with E-state index in [1.54, 1.807) is 23.1 Å². The molecule has 1 saturated heterocycles. The van der Waals surface area contributed by atoms with Gasteiger partial charge in [0.25, 0.3) is 5.91 Å². The van der Waals surface area contributed by atoms with Crippen molar-refractivity contribution in [3.63, 3.8) is 0 Å². The fraction of sp³-hybridized carbons (Fsp3) is 0.429. The monoisotopic (exact) mass is 378 g/mol. The lowest BCUT2D eigenvalue weighted by Crippen LogP contribution is -2.39. The molecule has 0 bridgehead atoms. The molecule has 28 heavy (non-hydrogen) atoms. The number of pyridine rings is 1. The second-order valence-electron chi connectivity index (χ2n) is 7.48. The number of aryl methyl sites for hydroxylation is 2. The predicted octanol–water partition coefficient (Wildman–Crippen LogP) is 2.93. The third kappa shape index (κ3) is 3.69. The van der Waals surface area contributed by atoms with Crippen LogP contribution in [-0.4, -0.2) is 48.2 Å². The van der Waals surface area contributed by atoms with Gasteiger partial charge in [-0.25, -0.2) is 4.98 Å². The van der Waals surface area contributed by atoms with Crippen LogP contribution in [0.4, 0.5) is 0 Å². The summed E-state index contributed by atoms with van der Waals surface area (Å²) in [4.78, 5) is 23.4. The molecule has 4 rings (SSSR count). The molecule has 0 unspecified atom stereocenters. The molecule has 146 valence electrons. The maximum Gasteiger partial charge on any atom is 0.272 e. The van der Waals surface area contributed by atoms with E-state index in [4.69, 9.17) is 0 Å². The number of likely N-dealkylation sites (tertiary alicyclic amines) is 1. The van der Waals surface area contributed by atoms with Crippen LogP contribution < -0.4 is 0 Å². The molecule has 0 saturated carbocycles. The van der Waals surface area contributed by atoms with Crippen molar-refractivity contribution in [2.45, 2.75) is 32.7 Å². The van der Waals surface area contributed by atoms with Gasteiger partial charge in [0, 0.05) is 62.7 Å². The van der Waals surface area contributed by atoms with Crippen molar-refractivity contribution in [1.82, 2.24) is 29.2 Å². The van der Waals surface area contributed by atoms with E-state index < -0.39 is 0 Å². The number of hydrogen-bond acceptors (Lipinski definition) is 4. The van der Waals surface area contributed by atoms with E-state index in [1.165, 1.54) is 5.69 Å². The van der Waals surface area contributed by atoms with Gasteiger partial charge in [-0.3, -0.25) is 14.5 Å². The van der Waals surface area contributed by atoms with Crippen LogP contribution in [-0.2, 0) is 13.6 Å². The number of amides is 1. The Balaban J connectivity index is 1.35. The number of hydrogen-bond donors (Lipinski definition) is 0. The van der Waals surface area contributed by atoms with Crippen molar-refractivity contribution < 1.29 is 4.79 Å². The lowest BCUT2D eigenvalue weighted by Gasteiger charge is -2.32. The van der Waals surface area contributed by atoms with E-state index in [0.717, 1.165) is 50.3 Å². The first-order chi connectivity index (χ1) is 13.6. The average molecular weight is 378 g/mol. The Bertz CT molecular complexity index is 937. The molecule has 7 nitrogen and oxygen atoms in total. The van der Waals surface area contributed by atoms with Gasteiger partial charge in [-0.2, -0.15) is 5.10 Å². The summed E-state index contributed by atoms with van der Waals surface area (Å²) in [5, 5.41) is 4.10. The Morgan fingerprint density at radius 2 is 2.00 bits per heavy atom. The first kappa shape index (κ1) is 18.4. The largest absolute Gasteiger partial charge is 0.337 e. The summed E-state index contributed by atoms with van der Waals surface area (Å²) < 4.78 is 3.93. The van der Waals surface area contributed by atoms with Gasteiger partial charge in [-0.05, 0) is 50.3 Å². The van der Waals surface area contributed by atoms with Crippen molar-refractivity contribution in [2.24, 2.45) is 13.0 Å². The molecular weight excluding hydrogens is 352 g/mol. The molecule has 4 heterocycles. The quantitative estimate of drug-likeness (QED) is 0.684. The molecule has 1 aliphatic heterocycles. The molecular formula is C21H26N6O. The van der Waals surface area contributed by atoms with Crippen LogP contribution in [0.3, 0.4) is 0 Å². The van der Waals surface area contributed by atoms with Crippen molar-refractivity contribution in [2.75, 3.05) is 13.1 Å². The highest BCUT2D eigenvalue weighted by Crippen LogP contribution is 2.25. The summed E-state index contributed by atoms with van der Waals surface area (Å²) >= 11 is 0. The molecule has 3 aromatic rings. The number of carbonyl (C=O) groups is 1. The summed E-state index contributed by atoms with van der Waals surface area (Å²) in [5.41, 5.74) is 2.88. The van der Waals surface area contributed by atoms with Crippen LogP contribution in [0.25, 0.3) is 11.4 Å². The van der Waals surface area contributed by atoms with E-state index in [2.05, 4.69) is 26.6 Å².